The molecule has 0 radical (unpaired) electrons. The highest BCUT2D eigenvalue weighted by molar-refractivity contribution is 5.25. The van der Waals surface area contributed by atoms with Crippen LogP contribution in [0.1, 0.15) is 18.5 Å². The van der Waals surface area contributed by atoms with Crippen LogP contribution in [0.5, 0.6) is 5.88 Å². The standard InChI is InChI=1S/C8H11N3O/c1-12-7-4-6(10-5-11-7)8(9)2-3-8/h4-5H,2-3,9H2,1H3. The molecule has 1 fully saturated rings. The first kappa shape index (κ1) is 7.49. The van der Waals surface area contributed by atoms with Crippen molar-refractivity contribution in [2.24, 2.45) is 5.73 Å². The third kappa shape index (κ3) is 1.14. The number of nitrogens with two attached hydrogens (primary N) is 1. The number of methoxy groups -OCH3 is 1. The van der Waals surface area contributed by atoms with Crippen LogP contribution in [-0.4, -0.2) is 17.1 Å². The van der Waals surface area contributed by atoms with Crippen LogP contribution < -0.4 is 10.5 Å². The molecule has 0 amide bonds. The van der Waals surface area contributed by atoms with Crippen molar-refractivity contribution >= 4 is 0 Å². The first-order chi connectivity index (χ1) is 5.74. The molecule has 64 valence electrons. The number of nitrogens with zero attached hydrogens (tertiary/aromatic N) is 2. The number of rotatable bonds is 2. The van der Waals surface area contributed by atoms with E-state index in [1.807, 2.05) is 0 Å². The maximum atomic E-state index is 5.95. The Labute approximate surface area is 70.8 Å². The Balaban J connectivity index is 2.32. The Kier molecular flexibility index (Phi) is 1.51. The van der Waals surface area contributed by atoms with Crippen molar-refractivity contribution in [3.05, 3.63) is 18.1 Å². The first-order valence-electron chi connectivity index (χ1n) is 3.90. The Hall–Kier alpha value is -1.16. The number of aromatic nitrogens is 2. The quantitative estimate of drug-likeness (QED) is 0.690. The monoisotopic (exact) mass is 165 g/mol. The SMILES string of the molecule is COc1cc(C2(N)CC2)ncn1. The van der Waals surface area contributed by atoms with Gasteiger partial charge in [-0.15, -0.1) is 0 Å². The highest BCUT2D eigenvalue weighted by Crippen LogP contribution is 2.41. The van der Waals surface area contributed by atoms with Gasteiger partial charge in [0.1, 0.15) is 6.33 Å². The summed E-state index contributed by atoms with van der Waals surface area (Å²) in [6.07, 6.45) is 3.50. The van der Waals surface area contributed by atoms with Crippen LogP contribution in [-0.2, 0) is 5.54 Å². The van der Waals surface area contributed by atoms with Gasteiger partial charge in [0.2, 0.25) is 5.88 Å². The predicted octanol–water partition coefficient (Wildman–Crippen LogP) is 0.433. The normalized spacial score (nSPS) is 18.8. The van der Waals surface area contributed by atoms with Gasteiger partial charge < -0.3 is 10.5 Å². The summed E-state index contributed by atoms with van der Waals surface area (Å²) < 4.78 is 4.97. The molecule has 1 aliphatic rings. The number of ether oxygens (including phenoxy) is 1. The molecule has 0 aromatic carbocycles. The summed E-state index contributed by atoms with van der Waals surface area (Å²) in [6.45, 7) is 0. The second kappa shape index (κ2) is 2.42. The highest BCUT2D eigenvalue weighted by atomic mass is 16.5. The number of hydrogen-bond donors (Lipinski definition) is 1. The van der Waals surface area contributed by atoms with Crippen LogP contribution in [0.4, 0.5) is 0 Å². The highest BCUT2D eigenvalue weighted by Gasteiger charge is 2.41. The summed E-state index contributed by atoms with van der Waals surface area (Å²) in [5.41, 5.74) is 6.63. The van der Waals surface area contributed by atoms with Gasteiger partial charge in [-0.25, -0.2) is 9.97 Å². The average Bonchev–Trinajstić information content (AvgIpc) is 2.85. The lowest BCUT2D eigenvalue weighted by Gasteiger charge is -2.07. The van der Waals surface area contributed by atoms with Gasteiger partial charge in [0.05, 0.1) is 18.3 Å². The van der Waals surface area contributed by atoms with Crippen LogP contribution >= 0.6 is 0 Å². The van der Waals surface area contributed by atoms with E-state index in [0.29, 0.717) is 5.88 Å². The number of hydrogen-bond acceptors (Lipinski definition) is 4. The van der Waals surface area contributed by atoms with Gasteiger partial charge in [0, 0.05) is 6.07 Å². The lowest BCUT2D eigenvalue weighted by molar-refractivity contribution is 0.395. The van der Waals surface area contributed by atoms with Crippen molar-refractivity contribution in [2.75, 3.05) is 7.11 Å². The van der Waals surface area contributed by atoms with E-state index in [1.165, 1.54) is 6.33 Å². The largest absolute Gasteiger partial charge is 0.481 e. The van der Waals surface area contributed by atoms with Crippen LogP contribution in [0.25, 0.3) is 0 Å². The van der Waals surface area contributed by atoms with Crippen LogP contribution in [0.3, 0.4) is 0 Å². The molecule has 4 heteroatoms. The molecule has 0 spiro atoms. The van der Waals surface area contributed by atoms with Crippen LogP contribution in [0.2, 0.25) is 0 Å². The van der Waals surface area contributed by atoms with Gasteiger partial charge in [-0.05, 0) is 12.8 Å². The van der Waals surface area contributed by atoms with Gasteiger partial charge >= 0.3 is 0 Å². The maximum Gasteiger partial charge on any atom is 0.216 e. The van der Waals surface area contributed by atoms with E-state index in [4.69, 9.17) is 10.5 Å². The lowest BCUT2D eigenvalue weighted by Crippen LogP contribution is -2.20. The van der Waals surface area contributed by atoms with Gasteiger partial charge in [-0.2, -0.15) is 0 Å². The molecule has 1 aliphatic carbocycles. The zero-order valence-electron chi connectivity index (χ0n) is 6.95. The van der Waals surface area contributed by atoms with Crippen molar-refractivity contribution < 1.29 is 4.74 Å². The fourth-order valence-electron chi connectivity index (χ4n) is 1.11. The molecular weight excluding hydrogens is 154 g/mol. The molecule has 0 atom stereocenters. The molecule has 2 rings (SSSR count). The summed E-state index contributed by atoms with van der Waals surface area (Å²) in [7, 11) is 1.59. The minimum absolute atomic E-state index is 0.198. The predicted molar refractivity (Wildman–Crippen MR) is 43.7 cm³/mol. The van der Waals surface area contributed by atoms with Crippen molar-refractivity contribution in [1.82, 2.24) is 9.97 Å². The van der Waals surface area contributed by atoms with Crippen LogP contribution in [0, 0.1) is 0 Å². The molecule has 0 unspecified atom stereocenters. The second-order valence-corrected chi connectivity index (χ2v) is 3.10. The van der Waals surface area contributed by atoms with Gasteiger partial charge in [-0.1, -0.05) is 0 Å². The van der Waals surface area contributed by atoms with Crippen molar-refractivity contribution in [2.45, 2.75) is 18.4 Å². The van der Waals surface area contributed by atoms with E-state index in [-0.39, 0.29) is 5.54 Å². The fraction of sp³-hybridized carbons (Fsp3) is 0.500. The molecule has 2 N–H and O–H groups in total. The molecule has 1 saturated carbocycles. The minimum atomic E-state index is -0.198. The summed E-state index contributed by atoms with van der Waals surface area (Å²) in [6, 6.07) is 1.80. The zero-order chi connectivity index (χ0) is 8.60. The van der Waals surface area contributed by atoms with Gasteiger partial charge in [0.25, 0.3) is 0 Å². The molecule has 0 bridgehead atoms. The molecule has 4 nitrogen and oxygen atoms in total. The maximum absolute atomic E-state index is 5.95. The van der Waals surface area contributed by atoms with Crippen molar-refractivity contribution in [3.63, 3.8) is 0 Å². The van der Waals surface area contributed by atoms with Crippen molar-refractivity contribution in [3.8, 4) is 5.88 Å². The third-order valence-electron chi connectivity index (χ3n) is 2.15. The second-order valence-electron chi connectivity index (χ2n) is 3.10. The van der Waals surface area contributed by atoms with E-state index >= 15 is 0 Å². The molecule has 1 aromatic rings. The van der Waals surface area contributed by atoms with Crippen LogP contribution in [0.15, 0.2) is 12.4 Å². The topological polar surface area (TPSA) is 61.0 Å². The van der Waals surface area contributed by atoms with E-state index in [9.17, 15) is 0 Å². The Bertz CT molecular complexity index is 296. The fourth-order valence-corrected chi connectivity index (χ4v) is 1.11. The Morgan fingerprint density at radius 3 is 2.83 bits per heavy atom. The van der Waals surface area contributed by atoms with E-state index < -0.39 is 0 Å². The smallest absolute Gasteiger partial charge is 0.216 e. The molecule has 0 aliphatic heterocycles. The van der Waals surface area contributed by atoms with Gasteiger partial charge in [-0.3, -0.25) is 0 Å². The third-order valence-corrected chi connectivity index (χ3v) is 2.15. The molecule has 1 aromatic heterocycles. The molecule has 12 heavy (non-hydrogen) atoms. The summed E-state index contributed by atoms with van der Waals surface area (Å²) in [4.78, 5) is 8.02. The van der Waals surface area contributed by atoms with E-state index in [0.717, 1.165) is 18.5 Å². The van der Waals surface area contributed by atoms with E-state index in [1.54, 1.807) is 13.2 Å². The molecular formula is C8H11N3O. The van der Waals surface area contributed by atoms with Gasteiger partial charge in [0.15, 0.2) is 0 Å². The summed E-state index contributed by atoms with van der Waals surface area (Å²) >= 11 is 0. The Morgan fingerprint density at radius 1 is 1.50 bits per heavy atom. The molecule has 0 saturated heterocycles. The lowest BCUT2D eigenvalue weighted by atomic mass is 10.2. The Morgan fingerprint density at radius 2 is 2.25 bits per heavy atom. The minimum Gasteiger partial charge on any atom is -0.481 e. The summed E-state index contributed by atoms with van der Waals surface area (Å²) in [5.74, 6) is 0.580. The molecule has 1 heterocycles. The van der Waals surface area contributed by atoms with Crippen molar-refractivity contribution in [1.29, 1.82) is 0 Å². The zero-order valence-corrected chi connectivity index (χ0v) is 6.95. The summed E-state index contributed by atoms with van der Waals surface area (Å²) in [5, 5.41) is 0. The van der Waals surface area contributed by atoms with E-state index in [2.05, 4.69) is 9.97 Å². The average molecular weight is 165 g/mol. The first-order valence-corrected chi connectivity index (χ1v) is 3.90.